The predicted molar refractivity (Wildman–Crippen MR) is 113 cm³/mol. The molecular formula is C22H20ClN5O. The van der Waals surface area contributed by atoms with E-state index < -0.39 is 0 Å². The summed E-state index contributed by atoms with van der Waals surface area (Å²) in [6.07, 6.45) is 3.35. The van der Waals surface area contributed by atoms with Gasteiger partial charge in [0.05, 0.1) is 34.7 Å². The van der Waals surface area contributed by atoms with Gasteiger partial charge in [-0.3, -0.25) is 9.13 Å². The topological polar surface area (TPSA) is 68.5 Å². The maximum atomic E-state index is 13.3. The Morgan fingerprint density at radius 3 is 2.66 bits per heavy atom. The van der Waals surface area contributed by atoms with Crippen LogP contribution in [0.2, 0.25) is 5.15 Å². The molecule has 3 heterocycles. The fourth-order valence-corrected chi connectivity index (χ4v) is 4.27. The van der Waals surface area contributed by atoms with Gasteiger partial charge in [-0.1, -0.05) is 23.7 Å². The molecule has 0 saturated heterocycles. The number of benzene rings is 1. The van der Waals surface area contributed by atoms with Crippen LogP contribution in [0, 0.1) is 11.3 Å². The van der Waals surface area contributed by atoms with Gasteiger partial charge in [0.25, 0.3) is 0 Å². The first kappa shape index (κ1) is 18.0. The van der Waals surface area contributed by atoms with Crippen LogP contribution >= 0.6 is 11.6 Å². The van der Waals surface area contributed by atoms with Crippen molar-refractivity contribution in [1.29, 1.82) is 5.26 Å². The number of fused-ring (bicyclic) bond motifs is 2. The average molecular weight is 406 g/mol. The molecule has 0 atom stereocenters. The molecule has 0 N–H and O–H groups in total. The van der Waals surface area contributed by atoms with Gasteiger partial charge in [0.2, 0.25) is 0 Å². The Labute approximate surface area is 172 Å². The van der Waals surface area contributed by atoms with Gasteiger partial charge >= 0.3 is 5.69 Å². The molecule has 6 nitrogen and oxygen atoms in total. The fraction of sp³-hybridized carbons (Fsp3) is 0.318. The van der Waals surface area contributed by atoms with Crippen LogP contribution in [0.25, 0.3) is 22.1 Å². The zero-order valence-corrected chi connectivity index (χ0v) is 16.6. The van der Waals surface area contributed by atoms with Gasteiger partial charge in [-0.25, -0.2) is 9.78 Å². The molecule has 0 bridgehead atoms. The second-order valence-electron chi connectivity index (χ2n) is 7.55. The molecule has 146 valence electrons. The zero-order valence-electron chi connectivity index (χ0n) is 15.9. The number of nitriles is 1. The summed E-state index contributed by atoms with van der Waals surface area (Å²) in [7, 11) is 0. The molecule has 1 saturated carbocycles. The van der Waals surface area contributed by atoms with Crippen molar-refractivity contribution in [2.75, 3.05) is 0 Å². The Kier molecular flexibility index (Phi) is 4.40. The highest BCUT2D eigenvalue weighted by atomic mass is 35.5. The van der Waals surface area contributed by atoms with E-state index in [2.05, 4.69) is 15.6 Å². The van der Waals surface area contributed by atoms with Gasteiger partial charge in [-0.2, -0.15) is 5.26 Å². The molecule has 0 unspecified atom stereocenters. The lowest BCUT2D eigenvalue weighted by atomic mass is 10.3. The standard InChI is InChI=1S/C22H20ClN5O/c23-21-10-9-18-17(25-21)13-16(26(18)12-4-3-11-24)14-27-19-5-1-2-6-20(19)28(22(27)29)15-7-8-15/h1-2,5-6,9-10,13,15H,3-4,7-8,12,14H2. The van der Waals surface area contributed by atoms with Crippen molar-refractivity contribution >= 4 is 33.7 Å². The van der Waals surface area contributed by atoms with Crippen molar-refractivity contribution in [3.63, 3.8) is 0 Å². The van der Waals surface area contributed by atoms with E-state index in [0.717, 1.165) is 47.0 Å². The number of para-hydroxylation sites is 2. The SMILES string of the molecule is N#CCCCn1c(Cn2c(=O)n(C3CC3)c3ccccc32)cc2nc(Cl)ccc21. The van der Waals surface area contributed by atoms with E-state index in [1.165, 1.54) is 0 Å². The van der Waals surface area contributed by atoms with Crippen molar-refractivity contribution in [2.45, 2.75) is 44.8 Å². The zero-order chi connectivity index (χ0) is 20.0. The third kappa shape index (κ3) is 3.12. The first-order chi connectivity index (χ1) is 14.2. The lowest BCUT2D eigenvalue weighted by Crippen LogP contribution is -2.25. The number of nitrogens with zero attached hydrogens (tertiary/aromatic N) is 5. The first-order valence-corrected chi connectivity index (χ1v) is 10.3. The van der Waals surface area contributed by atoms with Gasteiger partial charge in [-0.05, 0) is 49.6 Å². The summed E-state index contributed by atoms with van der Waals surface area (Å²) in [5.41, 5.74) is 4.75. The van der Waals surface area contributed by atoms with E-state index in [-0.39, 0.29) is 5.69 Å². The molecule has 3 aromatic heterocycles. The van der Waals surface area contributed by atoms with Gasteiger partial charge in [0.15, 0.2) is 0 Å². The lowest BCUT2D eigenvalue weighted by Gasteiger charge is -2.10. The normalized spacial score (nSPS) is 13.9. The van der Waals surface area contributed by atoms with Gasteiger partial charge in [-0.15, -0.1) is 0 Å². The van der Waals surface area contributed by atoms with Crippen molar-refractivity contribution in [1.82, 2.24) is 18.7 Å². The minimum atomic E-state index is 0.0357. The Balaban J connectivity index is 1.64. The summed E-state index contributed by atoms with van der Waals surface area (Å²) in [6.45, 7) is 1.16. The number of halogens is 1. The van der Waals surface area contributed by atoms with Gasteiger partial charge < -0.3 is 4.57 Å². The third-order valence-corrected chi connectivity index (χ3v) is 5.79. The van der Waals surface area contributed by atoms with E-state index in [0.29, 0.717) is 30.7 Å². The Morgan fingerprint density at radius 2 is 1.90 bits per heavy atom. The van der Waals surface area contributed by atoms with Crippen molar-refractivity contribution in [3.05, 3.63) is 63.8 Å². The number of rotatable bonds is 6. The Bertz CT molecular complexity index is 1320. The van der Waals surface area contributed by atoms with Crippen LogP contribution in [0.4, 0.5) is 0 Å². The maximum Gasteiger partial charge on any atom is 0.329 e. The van der Waals surface area contributed by atoms with Gasteiger partial charge in [0, 0.05) is 24.7 Å². The number of hydrogen-bond acceptors (Lipinski definition) is 3. The Hall–Kier alpha value is -3.04. The minimum Gasteiger partial charge on any atom is -0.341 e. The molecule has 0 amide bonds. The summed E-state index contributed by atoms with van der Waals surface area (Å²) in [5, 5.41) is 9.37. The summed E-state index contributed by atoms with van der Waals surface area (Å²) in [6, 6.07) is 16.2. The summed E-state index contributed by atoms with van der Waals surface area (Å²) >= 11 is 6.09. The van der Waals surface area contributed by atoms with Crippen LogP contribution in [0.15, 0.2) is 47.3 Å². The highest BCUT2D eigenvalue weighted by Gasteiger charge is 2.29. The quantitative estimate of drug-likeness (QED) is 0.350. The average Bonchev–Trinajstić information content (AvgIpc) is 3.44. The number of pyridine rings is 1. The molecule has 0 aliphatic heterocycles. The molecule has 5 rings (SSSR count). The summed E-state index contributed by atoms with van der Waals surface area (Å²) in [5.74, 6) is 0. The highest BCUT2D eigenvalue weighted by Crippen LogP contribution is 2.36. The van der Waals surface area contributed by atoms with Gasteiger partial charge in [0.1, 0.15) is 5.15 Å². The van der Waals surface area contributed by atoms with Crippen LogP contribution in [-0.4, -0.2) is 18.7 Å². The molecular weight excluding hydrogens is 386 g/mol. The summed E-state index contributed by atoms with van der Waals surface area (Å²) < 4.78 is 5.95. The molecule has 7 heteroatoms. The molecule has 0 spiro atoms. The number of unbranched alkanes of at least 4 members (excludes halogenated alkanes) is 1. The Morgan fingerprint density at radius 1 is 1.10 bits per heavy atom. The monoisotopic (exact) mass is 405 g/mol. The number of aromatic nitrogens is 4. The first-order valence-electron chi connectivity index (χ1n) is 9.89. The van der Waals surface area contributed by atoms with E-state index in [1.807, 2.05) is 45.5 Å². The molecule has 1 fully saturated rings. The number of imidazole rings is 1. The van der Waals surface area contributed by atoms with E-state index in [4.69, 9.17) is 16.9 Å². The van der Waals surface area contributed by atoms with Crippen molar-refractivity contribution < 1.29 is 0 Å². The maximum absolute atomic E-state index is 13.3. The third-order valence-electron chi connectivity index (χ3n) is 5.58. The van der Waals surface area contributed by atoms with E-state index in [9.17, 15) is 4.79 Å². The second kappa shape index (κ2) is 7.09. The van der Waals surface area contributed by atoms with E-state index in [1.54, 1.807) is 6.07 Å². The molecule has 1 aliphatic carbocycles. The molecule has 4 aromatic rings. The highest BCUT2D eigenvalue weighted by molar-refractivity contribution is 6.29. The lowest BCUT2D eigenvalue weighted by molar-refractivity contribution is 0.610. The molecule has 1 aliphatic rings. The molecule has 0 radical (unpaired) electrons. The second-order valence-corrected chi connectivity index (χ2v) is 7.93. The minimum absolute atomic E-state index is 0.0357. The molecule has 29 heavy (non-hydrogen) atoms. The summed E-state index contributed by atoms with van der Waals surface area (Å²) in [4.78, 5) is 17.7. The van der Waals surface area contributed by atoms with Crippen LogP contribution in [0.3, 0.4) is 0 Å². The smallest absolute Gasteiger partial charge is 0.329 e. The van der Waals surface area contributed by atoms with Crippen LogP contribution < -0.4 is 5.69 Å². The number of aryl methyl sites for hydroxylation is 1. The van der Waals surface area contributed by atoms with Crippen LogP contribution in [0.1, 0.15) is 37.4 Å². The fourth-order valence-electron chi connectivity index (χ4n) is 4.11. The van der Waals surface area contributed by atoms with Crippen LogP contribution in [-0.2, 0) is 13.1 Å². The largest absolute Gasteiger partial charge is 0.341 e. The van der Waals surface area contributed by atoms with Crippen molar-refractivity contribution in [3.8, 4) is 6.07 Å². The molecule has 1 aromatic carbocycles. The van der Waals surface area contributed by atoms with Crippen LogP contribution in [0.5, 0.6) is 0 Å². The van der Waals surface area contributed by atoms with E-state index >= 15 is 0 Å². The van der Waals surface area contributed by atoms with Crippen molar-refractivity contribution in [2.24, 2.45) is 0 Å². The number of hydrogen-bond donors (Lipinski definition) is 0. The predicted octanol–water partition coefficient (Wildman–Crippen LogP) is 4.49.